The summed E-state index contributed by atoms with van der Waals surface area (Å²) in [4.78, 5) is 57.1. The lowest BCUT2D eigenvalue weighted by Crippen LogP contribution is -2.52. The van der Waals surface area contributed by atoms with E-state index in [1.54, 1.807) is 9.80 Å². The van der Waals surface area contributed by atoms with Crippen LogP contribution in [0.25, 0.3) is 0 Å². The second kappa shape index (κ2) is 14.1. The molecule has 0 aliphatic carbocycles. The number of carbonyl (C=O) groups excluding carboxylic acids is 4. The Balaban J connectivity index is 1.75. The van der Waals surface area contributed by atoms with Crippen LogP contribution in [-0.4, -0.2) is 93.9 Å². The molecule has 2 fully saturated rings. The molecule has 0 N–H and O–H groups in total. The number of likely N-dealkylation sites (N-methyl/N-ethyl adjacent to an activating group) is 2. The molecule has 0 bridgehead atoms. The van der Waals surface area contributed by atoms with Crippen molar-refractivity contribution < 1.29 is 23.9 Å². The van der Waals surface area contributed by atoms with E-state index in [1.807, 2.05) is 13.8 Å². The van der Waals surface area contributed by atoms with E-state index in [1.165, 1.54) is 9.80 Å². The summed E-state index contributed by atoms with van der Waals surface area (Å²) in [6.45, 7) is 14.8. The van der Waals surface area contributed by atoms with E-state index >= 15 is 0 Å². The lowest BCUT2D eigenvalue weighted by molar-refractivity contribution is -0.131. The molecule has 2 heterocycles. The summed E-state index contributed by atoms with van der Waals surface area (Å²) < 4.78 is 5.89. The summed E-state index contributed by atoms with van der Waals surface area (Å²) in [6.07, 6.45) is 8.17. The number of unbranched alkanes of at least 4 members (excludes halogenated alkanes) is 2. The Morgan fingerprint density at radius 1 is 0.595 bits per heavy atom. The highest BCUT2D eigenvalue weighted by Gasteiger charge is 2.48. The molecule has 0 spiro atoms. The fraction of sp³-hybridized carbons (Fsp3) is 0.857. The van der Waals surface area contributed by atoms with E-state index in [0.29, 0.717) is 26.3 Å². The molecule has 6 amide bonds. The average Bonchev–Trinajstić information content (AvgIpc) is 3.37. The molecule has 2 saturated heterocycles. The van der Waals surface area contributed by atoms with Gasteiger partial charge in [-0.15, -0.1) is 0 Å². The number of carbonyl (C=O) groups is 4. The number of urea groups is 2. The van der Waals surface area contributed by atoms with Gasteiger partial charge >= 0.3 is 12.1 Å². The molecule has 9 nitrogen and oxygen atoms in total. The summed E-state index contributed by atoms with van der Waals surface area (Å²) in [5.41, 5.74) is -0.834. The van der Waals surface area contributed by atoms with Crippen LogP contribution in [0.3, 0.4) is 0 Å². The van der Waals surface area contributed by atoms with E-state index in [2.05, 4.69) is 27.7 Å². The number of rotatable bonds is 18. The summed E-state index contributed by atoms with van der Waals surface area (Å²) in [5, 5.41) is 0. The van der Waals surface area contributed by atoms with Crippen molar-refractivity contribution in [1.29, 1.82) is 0 Å². The van der Waals surface area contributed by atoms with Crippen LogP contribution in [0.5, 0.6) is 0 Å². The topological polar surface area (TPSA) is 90.5 Å². The first-order valence-corrected chi connectivity index (χ1v) is 14.5. The Labute approximate surface area is 223 Å². The molecule has 0 saturated carbocycles. The van der Waals surface area contributed by atoms with Gasteiger partial charge in [-0.3, -0.25) is 19.4 Å². The van der Waals surface area contributed by atoms with Gasteiger partial charge in [0.15, 0.2) is 0 Å². The van der Waals surface area contributed by atoms with Crippen molar-refractivity contribution in [3.8, 4) is 0 Å². The normalized spacial score (nSPS) is 17.2. The van der Waals surface area contributed by atoms with Crippen molar-refractivity contribution in [2.24, 2.45) is 0 Å². The number of ether oxygens (including phenoxy) is 1. The van der Waals surface area contributed by atoms with Crippen LogP contribution >= 0.6 is 0 Å². The molecule has 212 valence electrons. The standard InChI is InChI=1S/C28H50N4O5/c1-7-27(8-2,31-23(33)21-29(11-5)25(31)35)17-13-15-19-37-20-16-14-18-28(9-3,10-4)32-24(34)22-30(12-6)26(32)36/h7-22H2,1-6H3. The molecule has 2 aliphatic heterocycles. The molecule has 2 aliphatic rings. The van der Waals surface area contributed by atoms with Crippen LogP contribution < -0.4 is 0 Å². The lowest BCUT2D eigenvalue weighted by atomic mass is 9.85. The van der Waals surface area contributed by atoms with E-state index in [4.69, 9.17) is 4.74 Å². The van der Waals surface area contributed by atoms with Crippen LogP contribution in [0.2, 0.25) is 0 Å². The smallest absolute Gasteiger partial charge is 0.327 e. The predicted octanol–water partition coefficient (Wildman–Crippen LogP) is 5.03. The minimum atomic E-state index is -0.417. The number of nitrogens with zero attached hydrogens (tertiary/aromatic N) is 4. The van der Waals surface area contributed by atoms with Gasteiger partial charge in [-0.1, -0.05) is 27.7 Å². The zero-order valence-electron chi connectivity index (χ0n) is 24.1. The molecule has 37 heavy (non-hydrogen) atoms. The van der Waals surface area contributed by atoms with Crippen LogP contribution in [0.1, 0.15) is 106 Å². The molecule has 0 atom stereocenters. The second-order valence-electron chi connectivity index (χ2n) is 10.4. The first kappa shape index (κ1) is 31.1. The second-order valence-corrected chi connectivity index (χ2v) is 10.4. The van der Waals surface area contributed by atoms with Crippen molar-refractivity contribution in [3.05, 3.63) is 0 Å². The maximum absolute atomic E-state index is 12.8. The van der Waals surface area contributed by atoms with Gasteiger partial charge < -0.3 is 14.5 Å². The van der Waals surface area contributed by atoms with Gasteiger partial charge in [0.1, 0.15) is 13.1 Å². The SMILES string of the molecule is CCN1CC(=O)N(C(CC)(CC)CCCCOCCCCC(CC)(CC)N2C(=O)CN(CC)C2=O)C1=O. The first-order chi connectivity index (χ1) is 17.7. The molecule has 0 radical (unpaired) electrons. The van der Waals surface area contributed by atoms with Crippen LogP contribution in [-0.2, 0) is 14.3 Å². The van der Waals surface area contributed by atoms with E-state index in [9.17, 15) is 19.2 Å². The van der Waals surface area contributed by atoms with Crippen LogP contribution in [0.4, 0.5) is 9.59 Å². The molecule has 0 unspecified atom stereocenters. The molecule has 0 aromatic rings. The average molecular weight is 523 g/mol. The summed E-state index contributed by atoms with van der Waals surface area (Å²) in [7, 11) is 0. The first-order valence-electron chi connectivity index (χ1n) is 14.5. The molecular weight excluding hydrogens is 472 g/mol. The minimum absolute atomic E-state index is 0.0817. The highest BCUT2D eigenvalue weighted by atomic mass is 16.5. The maximum Gasteiger partial charge on any atom is 0.327 e. The van der Waals surface area contributed by atoms with Gasteiger partial charge in [0.05, 0.1) is 11.1 Å². The molecular formula is C28H50N4O5. The zero-order valence-corrected chi connectivity index (χ0v) is 24.1. The minimum Gasteiger partial charge on any atom is -0.381 e. The Bertz CT molecular complexity index is 729. The summed E-state index contributed by atoms with van der Waals surface area (Å²) >= 11 is 0. The maximum atomic E-state index is 12.8. The van der Waals surface area contributed by atoms with Crippen molar-refractivity contribution in [2.75, 3.05) is 39.4 Å². The lowest BCUT2D eigenvalue weighted by Gasteiger charge is -2.39. The quantitative estimate of drug-likeness (QED) is 0.186. The van der Waals surface area contributed by atoms with Crippen molar-refractivity contribution in [1.82, 2.24) is 19.6 Å². The molecule has 2 rings (SSSR count). The molecule has 0 aromatic heterocycles. The Hall–Kier alpha value is -2.16. The van der Waals surface area contributed by atoms with Gasteiger partial charge in [0.2, 0.25) is 0 Å². The van der Waals surface area contributed by atoms with Crippen molar-refractivity contribution in [3.63, 3.8) is 0 Å². The number of amides is 6. The van der Waals surface area contributed by atoms with E-state index in [0.717, 1.165) is 64.2 Å². The van der Waals surface area contributed by atoms with Crippen LogP contribution in [0, 0.1) is 0 Å². The molecule has 9 heteroatoms. The fourth-order valence-electron chi connectivity index (χ4n) is 6.01. The van der Waals surface area contributed by atoms with Crippen molar-refractivity contribution in [2.45, 2.75) is 117 Å². The Morgan fingerprint density at radius 3 is 1.22 bits per heavy atom. The number of hydrogen-bond donors (Lipinski definition) is 0. The fourth-order valence-corrected chi connectivity index (χ4v) is 6.01. The van der Waals surface area contributed by atoms with Crippen molar-refractivity contribution >= 4 is 23.9 Å². The van der Waals surface area contributed by atoms with Gasteiger partial charge in [-0.25, -0.2) is 9.59 Å². The highest BCUT2D eigenvalue weighted by molar-refractivity contribution is 6.03. The summed E-state index contributed by atoms with van der Waals surface area (Å²) in [5.74, 6) is -0.163. The molecule has 0 aromatic carbocycles. The van der Waals surface area contributed by atoms with E-state index in [-0.39, 0.29) is 37.0 Å². The zero-order chi connectivity index (χ0) is 27.6. The van der Waals surface area contributed by atoms with Gasteiger partial charge in [0, 0.05) is 26.3 Å². The van der Waals surface area contributed by atoms with E-state index < -0.39 is 11.1 Å². The third-order valence-corrected chi connectivity index (χ3v) is 8.78. The Kier molecular flexibility index (Phi) is 11.9. The summed E-state index contributed by atoms with van der Waals surface area (Å²) in [6, 6.07) is -0.301. The van der Waals surface area contributed by atoms with Crippen LogP contribution in [0.15, 0.2) is 0 Å². The number of imide groups is 2. The Morgan fingerprint density at radius 2 is 0.946 bits per heavy atom. The number of hydrogen-bond acceptors (Lipinski definition) is 5. The monoisotopic (exact) mass is 522 g/mol. The third kappa shape index (κ3) is 6.65. The van der Waals surface area contributed by atoms with Gasteiger partial charge in [-0.2, -0.15) is 0 Å². The largest absolute Gasteiger partial charge is 0.381 e. The van der Waals surface area contributed by atoms with Gasteiger partial charge in [-0.05, 0) is 78.1 Å². The predicted molar refractivity (Wildman–Crippen MR) is 144 cm³/mol. The highest BCUT2D eigenvalue weighted by Crippen LogP contribution is 2.35. The third-order valence-electron chi connectivity index (χ3n) is 8.78. The van der Waals surface area contributed by atoms with Gasteiger partial charge in [0.25, 0.3) is 11.8 Å².